The van der Waals surface area contributed by atoms with Crippen LogP contribution in [-0.4, -0.2) is 33.0 Å². The van der Waals surface area contributed by atoms with Crippen LogP contribution in [0.2, 0.25) is 0 Å². The van der Waals surface area contributed by atoms with Crippen molar-refractivity contribution < 1.29 is 8.42 Å². The highest BCUT2D eigenvalue weighted by Gasteiger charge is 2.29. The zero-order valence-corrected chi connectivity index (χ0v) is 10.9. The molecule has 1 aliphatic heterocycles. The molecule has 16 heavy (non-hydrogen) atoms. The number of rotatable bonds is 5. The fourth-order valence-electron chi connectivity index (χ4n) is 2.21. The molecule has 0 aromatic heterocycles. The first kappa shape index (κ1) is 13.5. The molecule has 0 spiro atoms. The fraction of sp³-hybridized carbons (Fsp3) is 0.833. The van der Waals surface area contributed by atoms with Gasteiger partial charge in [0.2, 0.25) is 0 Å². The molecular formula is C12H21NO2S. The lowest BCUT2D eigenvalue weighted by Gasteiger charge is -2.18. The minimum atomic E-state index is -2.73. The second-order valence-electron chi connectivity index (χ2n) is 4.46. The Hall–Kier alpha value is -0.530. The molecule has 3 nitrogen and oxygen atoms in total. The van der Waals surface area contributed by atoms with E-state index in [1.807, 2.05) is 14.0 Å². The van der Waals surface area contributed by atoms with Gasteiger partial charge in [0, 0.05) is 12.5 Å². The standard InChI is InChI=1S/C12H21NO2S/c1-3-4-5-6-12(13-2)9-11-7-8-16(14,15)10-11/h11-13H,5-10H2,1-2H3. The van der Waals surface area contributed by atoms with Crippen molar-refractivity contribution in [1.82, 2.24) is 5.32 Å². The third-order valence-electron chi connectivity index (χ3n) is 3.15. The maximum Gasteiger partial charge on any atom is 0.150 e. The Morgan fingerprint density at radius 3 is 2.75 bits per heavy atom. The minimum absolute atomic E-state index is 0.344. The third-order valence-corrected chi connectivity index (χ3v) is 4.98. The molecule has 4 heteroatoms. The lowest BCUT2D eigenvalue weighted by atomic mass is 9.96. The largest absolute Gasteiger partial charge is 0.317 e. The molecular weight excluding hydrogens is 222 g/mol. The van der Waals surface area contributed by atoms with Crippen LogP contribution in [0.15, 0.2) is 0 Å². The van der Waals surface area contributed by atoms with Crippen molar-refractivity contribution >= 4 is 9.84 Å². The highest BCUT2D eigenvalue weighted by atomic mass is 32.2. The van der Waals surface area contributed by atoms with Crippen LogP contribution in [-0.2, 0) is 9.84 Å². The average molecular weight is 243 g/mol. The maximum absolute atomic E-state index is 11.3. The summed E-state index contributed by atoms with van der Waals surface area (Å²) in [4.78, 5) is 0. The molecule has 2 atom stereocenters. The van der Waals surface area contributed by atoms with Crippen molar-refractivity contribution in [3.8, 4) is 11.8 Å². The normalized spacial score (nSPS) is 24.8. The van der Waals surface area contributed by atoms with E-state index < -0.39 is 9.84 Å². The number of sulfone groups is 1. The van der Waals surface area contributed by atoms with Gasteiger partial charge in [0.1, 0.15) is 0 Å². The Morgan fingerprint density at radius 2 is 2.25 bits per heavy atom. The topological polar surface area (TPSA) is 46.2 Å². The Balaban J connectivity index is 2.35. The van der Waals surface area contributed by atoms with E-state index in [2.05, 4.69) is 17.2 Å². The predicted octanol–water partition coefficient (Wildman–Crippen LogP) is 1.20. The summed E-state index contributed by atoms with van der Waals surface area (Å²) in [5.41, 5.74) is 0. The molecule has 1 saturated heterocycles. The lowest BCUT2D eigenvalue weighted by Crippen LogP contribution is -2.28. The lowest BCUT2D eigenvalue weighted by molar-refractivity contribution is 0.410. The van der Waals surface area contributed by atoms with Gasteiger partial charge in [-0.3, -0.25) is 0 Å². The summed E-state index contributed by atoms with van der Waals surface area (Å²) in [7, 11) is -0.792. The quantitative estimate of drug-likeness (QED) is 0.738. The van der Waals surface area contributed by atoms with Crippen LogP contribution in [0.1, 0.15) is 32.6 Å². The summed E-state index contributed by atoms with van der Waals surface area (Å²) in [6.45, 7) is 1.85. The molecule has 1 aliphatic rings. The minimum Gasteiger partial charge on any atom is -0.317 e. The van der Waals surface area contributed by atoms with Crippen molar-refractivity contribution in [2.75, 3.05) is 18.6 Å². The van der Waals surface area contributed by atoms with Crippen molar-refractivity contribution in [3.05, 3.63) is 0 Å². The van der Waals surface area contributed by atoms with Gasteiger partial charge in [-0.05, 0) is 39.2 Å². The average Bonchev–Trinajstić information content (AvgIpc) is 2.57. The highest BCUT2D eigenvalue weighted by molar-refractivity contribution is 7.91. The fourth-order valence-corrected chi connectivity index (χ4v) is 4.09. The Labute approximate surface area is 98.9 Å². The first-order chi connectivity index (χ1) is 7.57. The van der Waals surface area contributed by atoms with E-state index in [9.17, 15) is 8.42 Å². The molecule has 0 amide bonds. The summed E-state index contributed by atoms with van der Waals surface area (Å²) < 4.78 is 22.7. The molecule has 0 aliphatic carbocycles. The van der Waals surface area contributed by atoms with Crippen molar-refractivity contribution in [2.45, 2.75) is 38.6 Å². The van der Waals surface area contributed by atoms with E-state index in [0.717, 1.165) is 25.7 Å². The number of nitrogens with one attached hydrogen (secondary N) is 1. The molecule has 0 saturated carbocycles. The smallest absolute Gasteiger partial charge is 0.150 e. The van der Waals surface area contributed by atoms with Crippen LogP contribution in [0, 0.1) is 17.8 Å². The molecule has 1 rings (SSSR count). The maximum atomic E-state index is 11.3. The second-order valence-corrected chi connectivity index (χ2v) is 6.68. The molecule has 0 aromatic rings. The summed E-state index contributed by atoms with van der Waals surface area (Å²) in [5.74, 6) is 7.03. The summed E-state index contributed by atoms with van der Waals surface area (Å²) in [6, 6.07) is 0.402. The molecule has 0 radical (unpaired) electrons. The molecule has 1 fully saturated rings. The highest BCUT2D eigenvalue weighted by Crippen LogP contribution is 2.23. The van der Waals surface area contributed by atoms with Gasteiger partial charge in [-0.2, -0.15) is 0 Å². The molecule has 2 unspecified atom stereocenters. The monoisotopic (exact) mass is 243 g/mol. The van der Waals surface area contributed by atoms with E-state index in [0.29, 0.717) is 23.5 Å². The number of hydrogen-bond donors (Lipinski definition) is 1. The Kier molecular flexibility index (Phi) is 5.30. The SMILES string of the molecule is CC#CCCC(CC1CCS(=O)(=O)C1)NC. The molecule has 92 valence electrons. The summed E-state index contributed by atoms with van der Waals surface area (Å²) in [5, 5.41) is 3.25. The van der Waals surface area contributed by atoms with E-state index >= 15 is 0 Å². The Bertz CT molecular complexity index is 364. The third kappa shape index (κ3) is 4.54. The van der Waals surface area contributed by atoms with Gasteiger partial charge in [-0.25, -0.2) is 8.42 Å². The van der Waals surface area contributed by atoms with Crippen molar-refractivity contribution in [1.29, 1.82) is 0 Å². The van der Waals surface area contributed by atoms with Crippen LogP contribution in [0.3, 0.4) is 0 Å². The van der Waals surface area contributed by atoms with Crippen LogP contribution in [0.25, 0.3) is 0 Å². The van der Waals surface area contributed by atoms with Crippen molar-refractivity contribution in [2.24, 2.45) is 5.92 Å². The van der Waals surface area contributed by atoms with Crippen LogP contribution in [0.5, 0.6) is 0 Å². The van der Waals surface area contributed by atoms with E-state index in [1.165, 1.54) is 0 Å². The van der Waals surface area contributed by atoms with Crippen LogP contribution in [0.4, 0.5) is 0 Å². The van der Waals surface area contributed by atoms with Crippen molar-refractivity contribution in [3.63, 3.8) is 0 Å². The molecule has 0 bridgehead atoms. The zero-order chi connectivity index (χ0) is 12.0. The summed E-state index contributed by atoms with van der Waals surface area (Å²) >= 11 is 0. The van der Waals surface area contributed by atoms with Crippen LogP contribution < -0.4 is 5.32 Å². The zero-order valence-electron chi connectivity index (χ0n) is 10.1. The number of hydrogen-bond acceptors (Lipinski definition) is 3. The van der Waals surface area contributed by atoms with Gasteiger partial charge >= 0.3 is 0 Å². The molecule has 1 heterocycles. The van der Waals surface area contributed by atoms with Gasteiger partial charge in [0.25, 0.3) is 0 Å². The Morgan fingerprint density at radius 1 is 1.50 bits per heavy atom. The molecule has 1 N–H and O–H groups in total. The van der Waals surface area contributed by atoms with E-state index in [1.54, 1.807) is 0 Å². The van der Waals surface area contributed by atoms with Gasteiger partial charge in [-0.1, -0.05) is 0 Å². The van der Waals surface area contributed by atoms with Gasteiger partial charge in [0.05, 0.1) is 11.5 Å². The van der Waals surface area contributed by atoms with Gasteiger partial charge < -0.3 is 5.32 Å². The first-order valence-corrected chi connectivity index (χ1v) is 7.67. The predicted molar refractivity (Wildman–Crippen MR) is 66.9 cm³/mol. The van der Waals surface area contributed by atoms with E-state index in [-0.39, 0.29) is 0 Å². The van der Waals surface area contributed by atoms with E-state index in [4.69, 9.17) is 0 Å². The van der Waals surface area contributed by atoms with Gasteiger partial charge in [0.15, 0.2) is 9.84 Å². The van der Waals surface area contributed by atoms with Gasteiger partial charge in [-0.15, -0.1) is 11.8 Å². The molecule has 0 aromatic carbocycles. The summed E-state index contributed by atoms with van der Waals surface area (Å²) in [6.07, 6.45) is 3.69. The van der Waals surface area contributed by atoms with Crippen LogP contribution >= 0.6 is 0 Å². The first-order valence-electron chi connectivity index (χ1n) is 5.84. The second kappa shape index (κ2) is 6.27.